The first-order valence-electron chi connectivity index (χ1n) is 26.5. The van der Waals surface area contributed by atoms with Crippen LogP contribution in [0.1, 0.15) is 94.6 Å². The van der Waals surface area contributed by atoms with Gasteiger partial charge in [-0.1, -0.05) is 50.2 Å². The number of nitrogens with one attached hydrogen (secondary N) is 9. The number of para-hydroxylation sites is 1. The lowest BCUT2D eigenvalue weighted by atomic mass is 9.97. The molecule has 0 bridgehead atoms. The van der Waals surface area contributed by atoms with E-state index in [1.165, 1.54) is 13.1 Å². The Balaban J connectivity index is 1.91. The number of H-pyrrole nitrogens is 1. The molecule has 1 aromatic heterocycles. The number of amides is 9. The van der Waals surface area contributed by atoms with Crippen molar-refractivity contribution in [2.24, 2.45) is 23.1 Å². The lowest BCUT2D eigenvalue weighted by Gasteiger charge is -2.36. The van der Waals surface area contributed by atoms with Crippen molar-refractivity contribution in [3.8, 4) is 0 Å². The van der Waals surface area contributed by atoms with Gasteiger partial charge in [-0.3, -0.25) is 58.1 Å². The highest BCUT2D eigenvalue weighted by molar-refractivity contribution is 7.99. The number of nitrogens with zero attached hydrogens (tertiary/aromatic N) is 1. The largest absolute Gasteiger partial charge is 0.481 e. The standard InChI is InChI=1S/C53H77N13O15S/c1-26(2)20-34-46(76)65-42(50(80)62-35(21-29-23-58-32-15-10-9-13-30(29)32)44(74)59-33(43(54)73)17-18-39(69)70)53(4,5)82-25-28-12-7-8-14-31(28)51(81)66(6)38(16-11-19-57-52(55)56)48(78)63-37(24-67)47(77)60-36(22-40(71)72)45(75)64-41(27(3)68)49(79)61-34/h7-10,12-15,23,26-27,33-38,41-42,52,57-58,67-68H,11,16-22,24-25,55-56H2,1-6H3,(H2,54,73)(H,59,74)(H,60,77)(H,61,79)(H,62,80)(H,63,78)(H,64,75)(H,65,76)(H,69,70)(H,71,72)/t27-,33-,34+,35+,36+,37+,38+,41+,42-/m1/s1. The third-order valence-corrected chi connectivity index (χ3v) is 14.9. The first kappa shape index (κ1) is 66.8. The molecule has 2 heterocycles. The number of hydrogen-bond acceptors (Lipinski definition) is 17. The van der Waals surface area contributed by atoms with Crippen LogP contribution in [-0.4, -0.2) is 181 Å². The smallest absolute Gasteiger partial charge is 0.305 e. The van der Waals surface area contributed by atoms with Crippen molar-refractivity contribution in [2.75, 3.05) is 20.2 Å². The number of aromatic nitrogens is 1. The molecule has 19 N–H and O–H groups in total. The Bertz CT molecular complexity index is 2790. The number of aliphatic hydroxyl groups excluding tert-OH is 2. The fourth-order valence-corrected chi connectivity index (χ4v) is 10.1. The van der Waals surface area contributed by atoms with Gasteiger partial charge in [-0.05, 0) is 82.2 Å². The quantitative estimate of drug-likeness (QED) is 0.0375. The van der Waals surface area contributed by atoms with Gasteiger partial charge in [0.05, 0.1) is 19.1 Å². The zero-order valence-corrected chi connectivity index (χ0v) is 47.3. The van der Waals surface area contributed by atoms with Gasteiger partial charge in [0.1, 0.15) is 54.6 Å². The Morgan fingerprint density at radius 2 is 1.41 bits per heavy atom. The molecular weight excluding hydrogens is 1090 g/mol. The molecule has 0 saturated heterocycles. The van der Waals surface area contributed by atoms with Gasteiger partial charge >= 0.3 is 11.9 Å². The van der Waals surface area contributed by atoms with Gasteiger partial charge in [0.15, 0.2) is 0 Å². The van der Waals surface area contributed by atoms with E-state index in [0.717, 1.165) is 23.6 Å². The summed E-state index contributed by atoms with van der Waals surface area (Å²) in [6.45, 7) is 6.77. The minimum absolute atomic E-state index is 0.0626. The van der Waals surface area contributed by atoms with E-state index < -0.39 is 156 Å². The summed E-state index contributed by atoms with van der Waals surface area (Å²) < 4.78 is -1.45. The van der Waals surface area contributed by atoms with E-state index in [2.05, 4.69) is 47.5 Å². The number of thioether (sulfide) groups is 1. The van der Waals surface area contributed by atoms with Crippen molar-refractivity contribution in [3.05, 3.63) is 71.4 Å². The molecule has 9 atom stereocenters. The number of aliphatic carboxylic acids is 2. The Kier molecular flexibility index (Phi) is 25.2. The van der Waals surface area contributed by atoms with E-state index in [9.17, 15) is 68.4 Å². The number of fused-ring (bicyclic) bond motifs is 2. The second-order valence-corrected chi connectivity index (χ2v) is 22.5. The Morgan fingerprint density at radius 3 is 2.04 bits per heavy atom. The van der Waals surface area contributed by atoms with Crippen LogP contribution in [0.25, 0.3) is 10.9 Å². The molecule has 9 amide bonds. The lowest BCUT2D eigenvalue weighted by Crippen LogP contribution is -2.64. The van der Waals surface area contributed by atoms with Gasteiger partial charge in [-0.15, -0.1) is 11.8 Å². The average molecular weight is 1170 g/mol. The molecule has 3 aromatic rings. The Morgan fingerprint density at radius 1 is 0.793 bits per heavy atom. The predicted molar refractivity (Wildman–Crippen MR) is 299 cm³/mol. The SMILES string of the molecule is CC(C)C[C@@H]1NC(=O)[C@H]([C@@H](C)O)NC(=O)[C@H](CC(=O)O)NC(=O)[C@H](CO)NC(=O)[C@H](CCCNC(N)N)N(C)C(=O)c2ccccc2CSC(C)(C)[C@@H](C(=O)N[C@@H](Cc2c[nH]c3ccccc23)C(=O)N[C@H](CCC(=O)O)C(N)=O)NC1=O. The topological polar surface area (TPSA) is 462 Å². The van der Waals surface area contributed by atoms with Crippen LogP contribution in [-0.2, 0) is 60.1 Å². The second-order valence-electron chi connectivity index (χ2n) is 20.9. The number of aliphatic hydroxyl groups is 2. The third-order valence-electron chi connectivity index (χ3n) is 13.5. The highest BCUT2D eigenvalue weighted by Crippen LogP contribution is 2.34. The fourth-order valence-electron chi connectivity index (χ4n) is 8.95. The summed E-state index contributed by atoms with van der Waals surface area (Å²) in [6.07, 6.45) is -3.38. The summed E-state index contributed by atoms with van der Waals surface area (Å²) >= 11 is 1.07. The minimum Gasteiger partial charge on any atom is -0.481 e. The van der Waals surface area contributed by atoms with Crippen LogP contribution in [0.5, 0.6) is 0 Å². The molecule has 1 aliphatic heterocycles. The number of benzene rings is 2. The number of nitrogens with two attached hydrogens (primary N) is 3. The van der Waals surface area contributed by atoms with Gasteiger partial charge in [0.2, 0.25) is 47.3 Å². The average Bonchev–Trinajstić information content (AvgIpc) is 3.98. The van der Waals surface area contributed by atoms with Crippen molar-refractivity contribution in [1.82, 2.24) is 52.4 Å². The van der Waals surface area contributed by atoms with Crippen LogP contribution in [0.2, 0.25) is 0 Å². The summed E-state index contributed by atoms with van der Waals surface area (Å²) in [4.78, 5) is 156. The molecule has 29 heteroatoms. The van der Waals surface area contributed by atoms with Gasteiger partial charge in [-0.2, -0.15) is 0 Å². The van der Waals surface area contributed by atoms with Gasteiger partial charge < -0.3 is 84.7 Å². The molecule has 4 rings (SSSR count). The molecule has 0 saturated carbocycles. The van der Waals surface area contributed by atoms with E-state index in [-0.39, 0.29) is 49.5 Å². The second kappa shape index (κ2) is 30.9. The molecular formula is C53H77N13O15S. The number of primary amides is 1. The molecule has 2 aromatic carbocycles. The maximum atomic E-state index is 15.2. The van der Waals surface area contributed by atoms with Gasteiger partial charge in [0.25, 0.3) is 5.91 Å². The van der Waals surface area contributed by atoms with Crippen molar-refractivity contribution in [2.45, 2.75) is 151 Å². The fraction of sp³-hybridized carbons (Fsp3) is 0.528. The van der Waals surface area contributed by atoms with Crippen LogP contribution in [0, 0.1) is 5.92 Å². The van der Waals surface area contributed by atoms with Crippen LogP contribution in [0.15, 0.2) is 54.7 Å². The molecule has 0 aliphatic carbocycles. The number of rotatable bonds is 21. The Hall–Kier alpha value is -7.70. The summed E-state index contributed by atoms with van der Waals surface area (Å²) in [7, 11) is 1.32. The number of aromatic amines is 1. The normalized spacial score (nSPS) is 21.9. The minimum atomic E-state index is -2.00. The monoisotopic (exact) mass is 1170 g/mol. The third kappa shape index (κ3) is 19.5. The Labute approximate surface area is 477 Å². The first-order chi connectivity index (χ1) is 38.5. The van der Waals surface area contributed by atoms with Crippen LogP contribution >= 0.6 is 11.8 Å². The number of carbonyl (C=O) groups is 11. The number of carbonyl (C=O) groups excluding carboxylic acids is 9. The van der Waals surface area contributed by atoms with Crippen molar-refractivity contribution < 1.29 is 73.2 Å². The molecule has 1 aliphatic rings. The maximum Gasteiger partial charge on any atom is 0.305 e. The molecule has 0 spiro atoms. The van der Waals surface area contributed by atoms with Crippen LogP contribution in [0.4, 0.5) is 0 Å². The summed E-state index contributed by atoms with van der Waals surface area (Å²) in [5, 5.41) is 61.2. The maximum absolute atomic E-state index is 15.2. The first-order valence-corrected chi connectivity index (χ1v) is 27.5. The molecule has 28 nitrogen and oxygen atoms in total. The molecule has 450 valence electrons. The molecule has 0 unspecified atom stereocenters. The lowest BCUT2D eigenvalue weighted by molar-refractivity contribution is -0.142. The van der Waals surface area contributed by atoms with Crippen molar-refractivity contribution in [3.63, 3.8) is 0 Å². The van der Waals surface area contributed by atoms with Crippen molar-refractivity contribution >= 4 is 87.8 Å². The van der Waals surface area contributed by atoms with Gasteiger partial charge in [-0.25, -0.2) is 0 Å². The summed E-state index contributed by atoms with van der Waals surface area (Å²) in [6, 6.07) is -0.0113. The van der Waals surface area contributed by atoms with E-state index in [4.69, 9.17) is 17.2 Å². The highest BCUT2D eigenvalue weighted by Gasteiger charge is 2.42. The van der Waals surface area contributed by atoms with Gasteiger partial charge in [0, 0.05) is 53.1 Å². The van der Waals surface area contributed by atoms with Crippen LogP contribution < -0.4 is 59.7 Å². The molecule has 0 fully saturated rings. The summed E-state index contributed by atoms with van der Waals surface area (Å²) in [5.74, 6) is -12.7. The molecule has 0 radical (unpaired) electrons. The van der Waals surface area contributed by atoms with Crippen LogP contribution in [0.3, 0.4) is 0 Å². The van der Waals surface area contributed by atoms with E-state index >= 15 is 4.79 Å². The zero-order chi connectivity index (χ0) is 61.2. The number of carboxylic acids is 2. The van der Waals surface area contributed by atoms with E-state index in [0.29, 0.717) is 22.0 Å². The number of carboxylic acid groups (broad SMARTS) is 2. The number of likely N-dealkylation sites (N-methyl/N-ethyl adjacent to an activating group) is 1. The predicted octanol–water partition coefficient (Wildman–Crippen LogP) is -2.92. The zero-order valence-electron chi connectivity index (χ0n) is 46.5. The summed E-state index contributed by atoms with van der Waals surface area (Å²) in [5.41, 5.74) is 18.6. The van der Waals surface area contributed by atoms with E-state index in [1.807, 2.05) is 0 Å². The van der Waals surface area contributed by atoms with Crippen molar-refractivity contribution in [1.29, 1.82) is 0 Å². The molecule has 82 heavy (non-hydrogen) atoms. The van der Waals surface area contributed by atoms with E-state index in [1.54, 1.807) is 76.4 Å². The number of hydrogen-bond donors (Lipinski definition) is 16. The highest BCUT2D eigenvalue weighted by atomic mass is 32.2.